The van der Waals surface area contributed by atoms with Gasteiger partial charge in [0.15, 0.2) is 0 Å². The Bertz CT molecular complexity index is 839. The van der Waals surface area contributed by atoms with Gasteiger partial charge in [-0.3, -0.25) is 24.0 Å². The lowest BCUT2D eigenvalue weighted by Crippen LogP contribution is -2.53. The summed E-state index contributed by atoms with van der Waals surface area (Å²) >= 11 is 0. The van der Waals surface area contributed by atoms with Crippen molar-refractivity contribution in [3.05, 3.63) is 27.9 Å². The van der Waals surface area contributed by atoms with Gasteiger partial charge in [0, 0.05) is 63.7 Å². The molecule has 4 aliphatic rings. The zero-order chi connectivity index (χ0) is 21.2. The van der Waals surface area contributed by atoms with Gasteiger partial charge in [-0.15, -0.1) is 0 Å². The summed E-state index contributed by atoms with van der Waals surface area (Å²) in [7, 11) is 0. The van der Waals surface area contributed by atoms with Crippen molar-refractivity contribution < 1.29 is 4.79 Å². The maximum Gasteiger partial charge on any atom is 0.253 e. The molecule has 1 aliphatic carbocycles. The molecule has 3 aliphatic heterocycles. The molecule has 5 rings (SSSR count). The molecule has 0 unspecified atom stereocenters. The van der Waals surface area contributed by atoms with Crippen LogP contribution in [0.2, 0.25) is 0 Å². The first-order valence-corrected chi connectivity index (χ1v) is 12.5. The number of amides is 1. The second-order valence-corrected chi connectivity index (χ2v) is 9.97. The van der Waals surface area contributed by atoms with Crippen LogP contribution >= 0.6 is 0 Å². The first-order valence-electron chi connectivity index (χ1n) is 12.5. The Labute approximate surface area is 185 Å². The van der Waals surface area contributed by atoms with Gasteiger partial charge in [0.25, 0.3) is 5.56 Å². The van der Waals surface area contributed by atoms with Crippen LogP contribution in [0.4, 0.5) is 0 Å². The van der Waals surface area contributed by atoms with Crippen molar-refractivity contribution in [2.75, 3.05) is 45.8 Å². The molecule has 0 N–H and O–H groups in total. The van der Waals surface area contributed by atoms with E-state index in [0.717, 1.165) is 89.1 Å². The molecule has 0 spiro atoms. The average molecular weight is 428 g/mol. The number of carbonyl (C=O) groups is 1. The van der Waals surface area contributed by atoms with Crippen LogP contribution in [-0.2, 0) is 17.8 Å². The fourth-order valence-corrected chi connectivity index (χ4v) is 6.06. The monoisotopic (exact) mass is 427 g/mol. The number of piperazine rings is 1. The number of carbonyl (C=O) groups excluding carboxylic acids is 1. The summed E-state index contributed by atoms with van der Waals surface area (Å²) in [6.45, 7) is 6.86. The summed E-state index contributed by atoms with van der Waals surface area (Å²) < 4.78 is 1.87. The highest BCUT2D eigenvalue weighted by molar-refractivity contribution is 5.78. The molecular formula is C24H37N5O2. The SMILES string of the molecule is O=C(CN1CC[C@@H](c2cc(=O)n3c(n2)CCCCC3)C1)N1CCN(C2CCCC2)CC1. The van der Waals surface area contributed by atoms with Crippen LogP contribution in [0.25, 0.3) is 0 Å². The summed E-state index contributed by atoms with van der Waals surface area (Å²) in [5.74, 6) is 1.50. The van der Waals surface area contributed by atoms with E-state index in [4.69, 9.17) is 4.98 Å². The van der Waals surface area contributed by atoms with Crippen LogP contribution in [0.15, 0.2) is 10.9 Å². The molecule has 1 amide bonds. The molecule has 0 radical (unpaired) electrons. The smallest absolute Gasteiger partial charge is 0.253 e. The van der Waals surface area contributed by atoms with E-state index in [2.05, 4.69) is 14.7 Å². The van der Waals surface area contributed by atoms with E-state index >= 15 is 0 Å². The van der Waals surface area contributed by atoms with Crippen molar-refractivity contribution in [1.82, 2.24) is 24.3 Å². The number of aromatic nitrogens is 2. The van der Waals surface area contributed by atoms with Crippen molar-refractivity contribution in [1.29, 1.82) is 0 Å². The van der Waals surface area contributed by atoms with Crippen LogP contribution in [0.5, 0.6) is 0 Å². The first-order chi connectivity index (χ1) is 15.2. The van der Waals surface area contributed by atoms with Gasteiger partial charge in [-0.1, -0.05) is 19.3 Å². The molecule has 4 heterocycles. The van der Waals surface area contributed by atoms with Gasteiger partial charge in [0.2, 0.25) is 5.91 Å². The molecule has 170 valence electrons. The molecule has 1 atom stereocenters. The highest BCUT2D eigenvalue weighted by Gasteiger charge is 2.31. The lowest BCUT2D eigenvalue weighted by molar-refractivity contribution is -0.134. The standard InChI is InChI=1S/C24H37N5O2/c30-23-16-21(25-22-8-2-1-5-10-29(22)23)19-9-11-26(17-19)18-24(31)28-14-12-27(13-15-28)20-6-3-4-7-20/h16,19-20H,1-15,17-18H2/t19-/m1/s1. The molecule has 3 fully saturated rings. The summed E-state index contributed by atoms with van der Waals surface area (Å²) in [5, 5.41) is 0. The number of hydrogen-bond acceptors (Lipinski definition) is 5. The van der Waals surface area contributed by atoms with Crippen LogP contribution < -0.4 is 5.56 Å². The molecule has 2 saturated heterocycles. The normalized spacial score (nSPS) is 26.2. The molecule has 1 aromatic rings. The predicted molar refractivity (Wildman–Crippen MR) is 120 cm³/mol. The molecular weight excluding hydrogens is 390 g/mol. The minimum absolute atomic E-state index is 0.108. The highest BCUT2D eigenvalue weighted by Crippen LogP contribution is 2.27. The lowest BCUT2D eigenvalue weighted by atomic mass is 10.0. The Morgan fingerprint density at radius 2 is 1.74 bits per heavy atom. The van der Waals surface area contributed by atoms with E-state index in [1.54, 1.807) is 6.07 Å². The average Bonchev–Trinajstić information content (AvgIpc) is 3.42. The Kier molecular flexibility index (Phi) is 6.41. The molecule has 0 aromatic carbocycles. The molecule has 0 bridgehead atoms. The third-order valence-corrected chi connectivity index (χ3v) is 7.95. The molecule has 7 heteroatoms. The third-order valence-electron chi connectivity index (χ3n) is 7.95. The Hall–Kier alpha value is -1.73. The minimum Gasteiger partial charge on any atom is -0.339 e. The van der Waals surface area contributed by atoms with Gasteiger partial charge >= 0.3 is 0 Å². The Balaban J connectivity index is 1.14. The van der Waals surface area contributed by atoms with E-state index in [9.17, 15) is 9.59 Å². The first kappa shape index (κ1) is 21.1. The van der Waals surface area contributed by atoms with E-state index in [1.165, 1.54) is 32.1 Å². The number of likely N-dealkylation sites (tertiary alicyclic amines) is 1. The maximum absolute atomic E-state index is 12.9. The number of fused-ring (bicyclic) bond motifs is 1. The van der Waals surface area contributed by atoms with Crippen molar-refractivity contribution in [2.24, 2.45) is 0 Å². The highest BCUT2D eigenvalue weighted by atomic mass is 16.2. The number of nitrogens with zero attached hydrogens (tertiary/aromatic N) is 5. The van der Waals surface area contributed by atoms with Gasteiger partial charge in [-0.25, -0.2) is 4.98 Å². The minimum atomic E-state index is 0.108. The van der Waals surface area contributed by atoms with E-state index in [0.29, 0.717) is 6.54 Å². The van der Waals surface area contributed by atoms with Crippen LogP contribution in [0.1, 0.15) is 68.8 Å². The fourth-order valence-electron chi connectivity index (χ4n) is 6.06. The Morgan fingerprint density at radius 3 is 2.55 bits per heavy atom. The van der Waals surface area contributed by atoms with Gasteiger partial charge in [0.1, 0.15) is 5.82 Å². The predicted octanol–water partition coefficient (Wildman–Crippen LogP) is 1.85. The third kappa shape index (κ3) is 4.72. The van der Waals surface area contributed by atoms with Gasteiger partial charge in [0.05, 0.1) is 12.2 Å². The van der Waals surface area contributed by atoms with Gasteiger partial charge in [-0.05, 0) is 38.6 Å². The summed E-state index contributed by atoms with van der Waals surface area (Å²) in [4.78, 5) is 37.4. The van der Waals surface area contributed by atoms with Gasteiger partial charge < -0.3 is 4.90 Å². The van der Waals surface area contributed by atoms with E-state index in [-0.39, 0.29) is 17.4 Å². The lowest BCUT2D eigenvalue weighted by Gasteiger charge is -2.38. The zero-order valence-electron chi connectivity index (χ0n) is 18.8. The van der Waals surface area contributed by atoms with Crippen molar-refractivity contribution in [3.63, 3.8) is 0 Å². The second-order valence-electron chi connectivity index (χ2n) is 9.97. The quantitative estimate of drug-likeness (QED) is 0.734. The topological polar surface area (TPSA) is 61.7 Å². The van der Waals surface area contributed by atoms with E-state index in [1.807, 2.05) is 4.57 Å². The van der Waals surface area contributed by atoms with Crippen molar-refractivity contribution in [2.45, 2.75) is 76.3 Å². The summed E-state index contributed by atoms with van der Waals surface area (Å²) in [6, 6.07) is 2.52. The Morgan fingerprint density at radius 1 is 0.935 bits per heavy atom. The molecule has 31 heavy (non-hydrogen) atoms. The number of aryl methyl sites for hydroxylation is 1. The largest absolute Gasteiger partial charge is 0.339 e. The molecule has 1 saturated carbocycles. The molecule has 1 aromatic heterocycles. The molecule has 7 nitrogen and oxygen atoms in total. The number of rotatable bonds is 4. The van der Waals surface area contributed by atoms with Crippen LogP contribution in [-0.4, -0.2) is 82.0 Å². The van der Waals surface area contributed by atoms with Crippen molar-refractivity contribution >= 4 is 5.91 Å². The second kappa shape index (κ2) is 9.41. The van der Waals surface area contributed by atoms with E-state index < -0.39 is 0 Å². The van der Waals surface area contributed by atoms with Crippen molar-refractivity contribution in [3.8, 4) is 0 Å². The maximum atomic E-state index is 12.9. The zero-order valence-corrected chi connectivity index (χ0v) is 18.8. The van der Waals surface area contributed by atoms with Gasteiger partial charge in [-0.2, -0.15) is 0 Å². The fraction of sp³-hybridized carbons (Fsp3) is 0.792. The number of hydrogen-bond donors (Lipinski definition) is 0. The summed E-state index contributed by atoms with van der Waals surface area (Å²) in [6.07, 6.45) is 10.7. The summed E-state index contributed by atoms with van der Waals surface area (Å²) in [5.41, 5.74) is 1.05. The van der Waals surface area contributed by atoms with Crippen LogP contribution in [0, 0.1) is 0 Å². The van der Waals surface area contributed by atoms with Crippen LogP contribution in [0.3, 0.4) is 0 Å².